The van der Waals surface area contributed by atoms with Gasteiger partial charge in [-0.15, -0.1) is 10.2 Å². The lowest BCUT2D eigenvalue weighted by Crippen LogP contribution is -1.99. The van der Waals surface area contributed by atoms with Crippen LogP contribution in [-0.4, -0.2) is 21.0 Å². The van der Waals surface area contributed by atoms with E-state index >= 15 is 0 Å². The molecule has 0 unspecified atom stereocenters. The second-order valence-corrected chi connectivity index (χ2v) is 3.24. The summed E-state index contributed by atoms with van der Waals surface area (Å²) in [6, 6.07) is 0. The summed E-state index contributed by atoms with van der Waals surface area (Å²) in [5.74, 6) is 3.08. The Morgan fingerprint density at radius 1 is 1.36 bits per heavy atom. The zero-order valence-electron chi connectivity index (χ0n) is 7.16. The first-order valence-electron chi connectivity index (χ1n) is 3.65. The van der Waals surface area contributed by atoms with Gasteiger partial charge in [-0.05, 0) is 6.26 Å². The Bertz CT molecular complexity index is 232. The zero-order valence-corrected chi connectivity index (χ0v) is 7.98. The molecule has 0 saturated heterocycles. The second-order valence-electron chi connectivity index (χ2n) is 2.38. The van der Waals surface area contributed by atoms with Gasteiger partial charge in [0, 0.05) is 13.5 Å². The van der Waals surface area contributed by atoms with Gasteiger partial charge in [0.05, 0.1) is 5.75 Å². The Morgan fingerprint density at radius 3 is 2.45 bits per heavy atom. The van der Waals surface area contributed by atoms with E-state index in [1.807, 2.05) is 7.05 Å². The van der Waals surface area contributed by atoms with Crippen molar-refractivity contribution in [2.45, 2.75) is 19.1 Å². The summed E-state index contributed by atoms with van der Waals surface area (Å²) in [6.45, 7) is 2.09. The van der Waals surface area contributed by atoms with E-state index in [0.717, 1.165) is 23.8 Å². The van der Waals surface area contributed by atoms with Gasteiger partial charge in [-0.3, -0.25) is 0 Å². The molecule has 0 atom stereocenters. The first-order valence-corrected chi connectivity index (χ1v) is 5.05. The number of thioether (sulfide) groups is 1. The zero-order chi connectivity index (χ0) is 8.27. The predicted molar refractivity (Wildman–Crippen MR) is 47.6 cm³/mol. The summed E-state index contributed by atoms with van der Waals surface area (Å²) in [5.41, 5.74) is 0. The van der Waals surface area contributed by atoms with E-state index in [2.05, 4.69) is 27.9 Å². The van der Waals surface area contributed by atoms with Crippen LogP contribution in [0.1, 0.15) is 18.6 Å². The first kappa shape index (κ1) is 8.59. The SMILES string of the molecule is CCc1nnc(CSC)n1C. The number of hydrogen-bond donors (Lipinski definition) is 0. The summed E-state index contributed by atoms with van der Waals surface area (Å²) in [4.78, 5) is 0. The molecule has 0 bridgehead atoms. The summed E-state index contributed by atoms with van der Waals surface area (Å²) in [6.07, 6.45) is 3.03. The fraction of sp³-hybridized carbons (Fsp3) is 0.714. The van der Waals surface area contributed by atoms with E-state index in [4.69, 9.17) is 0 Å². The van der Waals surface area contributed by atoms with Crippen LogP contribution in [0.25, 0.3) is 0 Å². The molecule has 1 aromatic heterocycles. The molecular weight excluding hydrogens is 158 g/mol. The van der Waals surface area contributed by atoms with Crippen molar-refractivity contribution in [3.63, 3.8) is 0 Å². The molecule has 3 nitrogen and oxygen atoms in total. The van der Waals surface area contributed by atoms with Gasteiger partial charge in [0.25, 0.3) is 0 Å². The minimum absolute atomic E-state index is 0.948. The third-order valence-corrected chi connectivity index (χ3v) is 2.19. The molecule has 1 rings (SSSR count). The number of hydrogen-bond acceptors (Lipinski definition) is 3. The van der Waals surface area contributed by atoms with E-state index in [9.17, 15) is 0 Å². The van der Waals surface area contributed by atoms with Crippen LogP contribution in [0, 0.1) is 0 Å². The Balaban J connectivity index is 2.82. The molecule has 4 heteroatoms. The molecular formula is C7H13N3S. The minimum atomic E-state index is 0.948. The van der Waals surface area contributed by atoms with Crippen molar-refractivity contribution in [1.82, 2.24) is 14.8 Å². The topological polar surface area (TPSA) is 30.7 Å². The highest BCUT2D eigenvalue weighted by Crippen LogP contribution is 2.06. The highest BCUT2D eigenvalue weighted by Gasteiger charge is 2.04. The van der Waals surface area contributed by atoms with Gasteiger partial charge in [-0.1, -0.05) is 6.92 Å². The van der Waals surface area contributed by atoms with E-state index in [-0.39, 0.29) is 0 Å². The Kier molecular flexibility index (Phi) is 2.93. The Labute approximate surface area is 71.2 Å². The maximum atomic E-state index is 4.07. The fourth-order valence-electron chi connectivity index (χ4n) is 0.961. The van der Waals surface area contributed by atoms with Crippen LogP contribution in [0.4, 0.5) is 0 Å². The van der Waals surface area contributed by atoms with Crippen LogP contribution in [0.2, 0.25) is 0 Å². The predicted octanol–water partition coefficient (Wildman–Crippen LogP) is 1.24. The number of rotatable bonds is 3. The third kappa shape index (κ3) is 1.74. The number of aromatic nitrogens is 3. The molecule has 0 aliphatic heterocycles. The van der Waals surface area contributed by atoms with Gasteiger partial charge in [0.2, 0.25) is 0 Å². The van der Waals surface area contributed by atoms with Crippen LogP contribution in [0.15, 0.2) is 0 Å². The van der Waals surface area contributed by atoms with Crippen LogP contribution < -0.4 is 0 Å². The largest absolute Gasteiger partial charge is 0.317 e. The van der Waals surface area contributed by atoms with E-state index in [0.29, 0.717) is 0 Å². The summed E-state index contributed by atoms with van der Waals surface area (Å²) >= 11 is 1.77. The average Bonchev–Trinajstić information content (AvgIpc) is 2.34. The maximum Gasteiger partial charge on any atom is 0.142 e. The lowest BCUT2D eigenvalue weighted by Gasteiger charge is -1.98. The molecule has 1 aromatic rings. The number of aryl methyl sites for hydroxylation is 1. The molecule has 0 aliphatic rings. The van der Waals surface area contributed by atoms with Crippen molar-refractivity contribution in [1.29, 1.82) is 0 Å². The molecule has 0 spiro atoms. The maximum absolute atomic E-state index is 4.07. The molecule has 0 amide bonds. The van der Waals surface area contributed by atoms with Crippen LogP contribution >= 0.6 is 11.8 Å². The van der Waals surface area contributed by atoms with E-state index in [1.165, 1.54) is 0 Å². The van der Waals surface area contributed by atoms with Crippen LogP contribution in [0.3, 0.4) is 0 Å². The van der Waals surface area contributed by atoms with Gasteiger partial charge in [-0.2, -0.15) is 11.8 Å². The molecule has 0 N–H and O–H groups in total. The van der Waals surface area contributed by atoms with Crippen LogP contribution in [0.5, 0.6) is 0 Å². The fourth-order valence-corrected chi connectivity index (χ4v) is 1.47. The molecule has 0 fully saturated rings. The normalized spacial score (nSPS) is 10.5. The molecule has 0 aliphatic carbocycles. The minimum Gasteiger partial charge on any atom is -0.317 e. The van der Waals surface area contributed by atoms with Gasteiger partial charge < -0.3 is 4.57 Å². The number of nitrogens with zero attached hydrogens (tertiary/aromatic N) is 3. The first-order chi connectivity index (χ1) is 5.29. The van der Waals surface area contributed by atoms with Crippen molar-refractivity contribution in [2.75, 3.05) is 6.26 Å². The average molecular weight is 171 g/mol. The quantitative estimate of drug-likeness (QED) is 0.685. The van der Waals surface area contributed by atoms with Crippen molar-refractivity contribution in [3.05, 3.63) is 11.6 Å². The van der Waals surface area contributed by atoms with Crippen molar-refractivity contribution >= 4 is 11.8 Å². The van der Waals surface area contributed by atoms with Gasteiger partial charge >= 0.3 is 0 Å². The Morgan fingerprint density at radius 2 is 2.00 bits per heavy atom. The van der Waals surface area contributed by atoms with Crippen molar-refractivity contribution < 1.29 is 0 Å². The third-order valence-electron chi connectivity index (χ3n) is 1.64. The summed E-state index contributed by atoms with van der Waals surface area (Å²) in [5, 5.41) is 8.12. The summed E-state index contributed by atoms with van der Waals surface area (Å²) < 4.78 is 2.07. The second kappa shape index (κ2) is 3.76. The Hall–Kier alpha value is -0.510. The molecule has 0 aromatic carbocycles. The van der Waals surface area contributed by atoms with Gasteiger partial charge in [0.1, 0.15) is 11.6 Å². The van der Waals surface area contributed by atoms with Crippen LogP contribution in [-0.2, 0) is 19.2 Å². The van der Waals surface area contributed by atoms with E-state index < -0.39 is 0 Å². The smallest absolute Gasteiger partial charge is 0.142 e. The molecule has 0 saturated carbocycles. The van der Waals surface area contributed by atoms with Gasteiger partial charge in [-0.25, -0.2) is 0 Å². The van der Waals surface area contributed by atoms with E-state index in [1.54, 1.807) is 11.8 Å². The molecule has 1 heterocycles. The van der Waals surface area contributed by atoms with Crippen molar-refractivity contribution in [2.24, 2.45) is 7.05 Å². The van der Waals surface area contributed by atoms with Crippen molar-refractivity contribution in [3.8, 4) is 0 Å². The van der Waals surface area contributed by atoms with Gasteiger partial charge in [0.15, 0.2) is 0 Å². The molecule has 0 radical (unpaired) electrons. The highest BCUT2D eigenvalue weighted by atomic mass is 32.2. The molecule has 62 valence electrons. The lowest BCUT2D eigenvalue weighted by molar-refractivity contribution is 0.781. The monoisotopic (exact) mass is 171 g/mol. The lowest BCUT2D eigenvalue weighted by atomic mass is 10.4. The highest BCUT2D eigenvalue weighted by molar-refractivity contribution is 7.97. The standard InChI is InChI=1S/C7H13N3S/c1-4-6-8-9-7(5-11-3)10(6)2/h4-5H2,1-3H3. The summed E-state index contributed by atoms with van der Waals surface area (Å²) in [7, 11) is 2.02. The molecule has 11 heavy (non-hydrogen) atoms.